The first-order valence-electron chi connectivity index (χ1n) is 6.76. The van der Waals surface area contributed by atoms with E-state index in [1.807, 2.05) is 0 Å². The van der Waals surface area contributed by atoms with Crippen LogP contribution in [0.2, 0.25) is 0 Å². The lowest BCUT2D eigenvalue weighted by atomic mass is 10.1. The van der Waals surface area contributed by atoms with E-state index in [9.17, 15) is 15.0 Å². The zero-order chi connectivity index (χ0) is 15.5. The fourth-order valence-electron chi connectivity index (χ4n) is 1.59. The molecule has 0 spiro atoms. The molecule has 0 unspecified atom stereocenters. The molecule has 21 heavy (non-hydrogen) atoms. The molecule has 1 rings (SSSR count). The molecule has 0 saturated carbocycles. The maximum Gasteiger partial charge on any atom is 0.246 e. The molecule has 0 saturated heterocycles. The molecule has 1 amide bonds. The van der Waals surface area contributed by atoms with Crippen LogP contribution in [0.25, 0.3) is 0 Å². The molecule has 0 aliphatic heterocycles. The predicted octanol–water partition coefficient (Wildman–Crippen LogP) is -0.252. The third-order valence-corrected chi connectivity index (χ3v) is 2.64. The van der Waals surface area contributed by atoms with Gasteiger partial charge >= 0.3 is 0 Å². The van der Waals surface area contributed by atoms with Crippen LogP contribution in [0.5, 0.6) is 11.5 Å². The number of amides is 1. The van der Waals surface area contributed by atoms with Crippen LogP contribution < -0.4 is 11.1 Å². The van der Waals surface area contributed by atoms with E-state index in [0.717, 1.165) is 5.56 Å². The molecule has 5 N–H and O–H groups in total. The number of phenols is 2. The van der Waals surface area contributed by atoms with Crippen molar-refractivity contribution in [3.05, 3.63) is 23.8 Å². The van der Waals surface area contributed by atoms with Crippen molar-refractivity contribution in [1.82, 2.24) is 5.32 Å². The molecule has 7 heteroatoms. The Bertz CT molecular complexity index is 439. The molecule has 0 aromatic heterocycles. The molecule has 7 nitrogen and oxygen atoms in total. The van der Waals surface area contributed by atoms with Crippen LogP contribution >= 0.6 is 0 Å². The number of ether oxygens (including phenoxy) is 2. The average Bonchev–Trinajstić information content (AvgIpc) is 2.46. The van der Waals surface area contributed by atoms with Crippen LogP contribution in [0.3, 0.4) is 0 Å². The van der Waals surface area contributed by atoms with Gasteiger partial charge in [0, 0.05) is 13.1 Å². The highest BCUT2D eigenvalue weighted by Crippen LogP contribution is 2.24. The number of carbonyl (C=O) groups is 1. The van der Waals surface area contributed by atoms with E-state index in [2.05, 4.69) is 5.32 Å². The van der Waals surface area contributed by atoms with Crippen LogP contribution in [0.1, 0.15) is 5.56 Å². The zero-order valence-corrected chi connectivity index (χ0v) is 11.9. The second kappa shape index (κ2) is 9.98. The molecule has 0 heterocycles. The van der Waals surface area contributed by atoms with Crippen molar-refractivity contribution in [3.63, 3.8) is 0 Å². The van der Waals surface area contributed by atoms with Crippen molar-refractivity contribution in [1.29, 1.82) is 0 Å². The van der Waals surface area contributed by atoms with Crippen LogP contribution in [0.15, 0.2) is 18.2 Å². The highest BCUT2D eigenvalue weighted by Gasteiger charge is 2.03. The normalized spacial score (nSPS) is 10.5. The monoisotopic (exact) mass is 298 g/mol. The molecule has 1 aromatic rings. The molecule has 0 fully saturated rings. The Hall–Kier alpha value is -1.83. The molecule has 0 aliphatic carbocycles. The highest BCUT2D eigenvalue weighted by molar-refractivity contribution is 5.77. The number of benzene rings is 1. The van der Waals surface area contributed by atoms with Crippen LogP contribution in [0.4, 0.5) is 0 Å². The summed E-state index contributed by atoms with van der Waals surface area (Å²) in [6.45, 7) is 2.11. The summed E-state index contributed by atoms with van der Waals surface area (Å²) in [4.78, 5) is 11.5. The van der Waals surface area contributed by atoms with Gasteiger partial charge in [0.1, 0.15) is 6.61 Å². The minimum Gasteiger partial charge on any atom is -0.504 e. The second-order valence-corrected chi connectivity index (χ2v) is 4.38. The van der Waals surface area contributed by atoms with Gasteiger partial charge in [0.05, 0.1) is 19.8 Å². The average molecular weight is 298 g/mol. The van der Waals surface area contributed by atoms with Gasteiger partial charge in [-0.15, -0.1) is 0 Å². The minimum atomic E-state index is -0.211. The molecule has 0 radical (unpaired) electrons. The number of nitrogens with one attached hydrogen (secondary N) is 1. The first-order chi connectivity index (χ1) is 10.1. The number of hydrogen-bond acceptors (Lipinski definition) is 6. The first kappa shape index (κ1) is 17.2. The minimum absolute atomic E-state index is 0.0210. The Morgan fingerprint density at radius 3 is 2.62 bits per heavy atom. The van der Waals surface area contributed by atoms with E-state index in [1.165, 1.54) is 12.1 Å². The summed E-state index contributed by atoms with van der Waals surface area (Å²) in [5.74, 6) is -0.537. The van der Waals surface area contributed by atoms with Crippen molar-refractivity contribution >= 4 is 5.91 Å². The maximum atomic E-state index is 11.5. The molecule has 0 atom stereocenters. The van der Waals surface area contributed by atoms with Crippen molar-refractivity contribution in [3.8, 4) is 11.5 Å². The summed E-state index contributed by atoms with van der Waals surface area (Å²) in [6, 6.07) is 4.57. The van der Waals surface area contributed by atoms with Crippen molar-refractivity contribution in [2.45, 2.75) is 6.42 Å². The SMILES string of the molecule is NCCOCCOCC(=O)NCCc1ccc(O)c(O)c1. The van der Waals surface area contributed by atoms with Gasteiger partial charge in [0.2, 0.25) is 5.91 Å². The smallest absolute Gasteiger partial charge is 0.246 e. The van der Waals surface area contributed by atoms with Gasteiger partial charge in [-0.05, 0) is 24.1 Å². The molecule has 118 valence electrons. The molecule has 0 aliphatic rings. The lowest BCUT2D eigenvalue weighted by molar-refractivity contribution is -0.126. The second-order valence-electron chi connectivity index (χ2n) is 4.38. The number of rotatable bonds is 10. The van der Waals surface area contributed by atoms with E-state index >= 15 is 0 Å². The Morgan fingerprint density at radius 2 is 1.90 bits per heavy atom. The van der Waals surface area contributed by atoms with Crippen LogP contribution in [-0.2, 0) is 20.7 Å². The van der Waals surface area contributed by atoms with Gasteiger partial charge in [-0.3, -0.25) is 4.79 Å². The van der Waals surface area contributed by atoms with Crippen molar-refractivity contribution < 1.29 is 24.5 Å². The van der Waals surface area contributed by atoms with Crippen LogP contribution in [0, 0.1) is 0 Å². The Kier molecular flexibility index (Phi) is 8.18. The van der Waals surface area contributed by atoms with Gasteiger partial charge in [-0.1, -0.05) is 6.07 Å². The number of carbonyl (C=O) groups excluding carboxylic acids is 1. The van der Waals surface area contributed by atoms with Crippen LogP contribution in [-0.4, -0.2) is 55.6 Å². The van der Waals surface area contributed by atoms with E-state index in [1.54, 1.807) is 6.07 Å². The highest BCUT2D eigenvalue weighted by atomic mass is 16.5. The Morgan fingerprint density at radius 1 is 1.14 bits per heavy atom. The third-order valence-electron chi connectivity index (χ3n) is 2.64. The van der Waals surface area contributed by atoms with Crippen molar-refractivity contribution in [2.75, 3.05) is 39.5 Å². The Labute approximate surface area is 123 Å². The van der Waals surface area contributed by atoms with Gasteiger partial charge in [-0.2, -0.15) is 0 Å². The summed E-state index contributed by atoms with van der Waals surface area (Å²) >= 11 is 0. The molecular formula is C14H22N2O5. The fourth-order valence-corrected chi connectivity index (χ4v) is 1.59. The standard InChI is InChI=1S/C14H22N2O5/c15-4-6-20-7-8-21-10-14(19)16-5-3-11-1-2-12(17)13(18)9-11/h1-2,9,17-18H,3-8,10,15H2,(H,16,19). The summed E-state index contributed by atoms with van der Waals surface area (Å²) in [5, 5.41) is 21.2. The lowest BCUT2D eigenvalue weighted by Crippen LogP contribution is -2.30. The maximum absolute atomic E-state index is 11.5. The summed E-state index contributed by atoms with van der Waals surface area (Å²) in [6.07, 6.45) is 0.555. The number of phenolic OH excluding ortho intramolecular Hbond substituents is 2. The molecular weight excluding hydrogens is 276 g/mol. The largest absolute Gasteiger partial charge is 0.504 e. The van der Waals surface area contributed by atoms with Gasteiger partial charge in [0.25, 0.3) is 0 Å². The van der Waals surface area contributed by atoms with Crippen molar-refractivity contribution in [2.24, 2.45) is 5.73 Å². The quantitative estimate of drug-likeness (QED) is 0.350. The van der Waals surface area contributed by atoms with Gasteiger partial charge < -0.3 is 30.7 Å². The topological polar surface area (TPSA) is 114 Å². The van der Waals surface area contributed by atoms with E-state index in [-0.39, 0.29) is 24.0 Å². The summed E-state index contributed by atoms with van der Waals surface area (Å²) in [5.41, 5.74) is 6.07. The zero-order valence-electron chi connectivity index (χ0n) is 11.9. The van der Waals surface area contributed by atoms with Gasteiger partial charge in [0.15, 0.2) is 11.5 Å². The fraction of sp³-hybridized carbons (Fsp3) is 0.500. The number of nitrogens with two attached hydrogens (primary N) is 1. The summed E-state index contributed by atoms with van der Waals surface area (Å²) < 4.78 is 10.2. The van der Waals surface area contributed by atoms with Gasteiger partial charge in [-0.25, -0.2) is 0 Å². The number of aromatic hydroxyl groups is 2. The van der Waals surface area contributed by atoms with E-state index in [4.69, 9.17) is 15.2 Å². The lowest BCUT2D eigenvalue weighted by Gasteiger charge is -2.07. The third kappa shape index (κ3) is 7.50. The molecule has 0 bridgehead atoms. The van der Waals surface area contributed by atoms with E-state index in [0.29, 0.717) is 39.3 Å². The van der Waals surface area contributed by atoms with E-state index < -0.39 is 0 Å². The Balaban J connectivity index is 2.09. The first-order valence-corrected chi connectivity index (χ1v) is 6.76. The predicted molar refractivity (Wildman–Crippen MR) is 77.2 cm³/mol. The molecule has 1 aromatic carbocycles. The summed E-state index contributed by atoms with van der Waals surface area (Å²) in [7, 11) is 0. The number of hydrogen-bond donors (Lipinski definition) is 4.